The van der Waals surface area contributed by atoms with Crippen molar-refractivity contribution in [3.8, 4) is 33.8 Å². The summed E-state index contributed by atoms with van der Waals surface area (Å²) in [5.74, 6) is 0.873. The molecule has 0 spiro atoms. The average Bonchev–Trinajstić information content (AvgIpc) is 4.07. The summed E-state index contributed by atoms with van der Waals surface area (Å²) in [7, 11) is 2.57. The third-order valence-electron chi connectivity index (χ3n) is 11.0. The summed E-state index contributed by atoms with van der Waals surface area (Å²) in [6.07, 6.45) is 7.22. The second-order valence-electron chi connectivity index (χ2n) is 15.5. The first-order chi connectivity index (χ1) is 27.9. The number of hydrogen-bond acceptors (Lipinski definition) is 10. The molecule has 2 aromatic carbocycles. The van der Waals surface area contributed by atoms with Crippen LogP contribution in [0.2, 0.25) is 0 Å². The number of H-pyrrole nitrogens is 2. The molecule has 0 radical (unpaired) electrons. The molecular formula is C42H50N10O6. The topological polar surface area (TPSA) is 200 Å². The zero-order chi connectivity index (χ0) is 41.1. The van der Waals surface area contributed by atoms with E-state index in [0.29, 0.717) is 30.4 Å². The Hall–Kier alpha value is -6.32. The Morgan fingerprint density at radius 1 is 0.672 bits per heavy atom. The van der Waals surface area contributed by atoms with Crippen LogP contribution in [-0.4, -0.2) is 103 Å². The number of carbonyl (C=O) groups excluding carboxylic acids is 4. The van der Waals surface area contributed by atoms with Crippen molar-refractivity contribution >= 4 is 35.0 Å². The molecule has 7 rings (SSSR count). The highest BCUT2D eigenvalue weighted by Crippen LogP contribution is 2.35. The average molecular weight is 791 g/mol. The van der Waals surface area contributed by atoms with Crippen LogP contribution in [0, 0.1) is 11.8 Å². The lowest BCUT2D eigenvalue weighted by molar-refractivity contribution is -0.136. The highest BCUT2D eigenvalue weighted by Gasteiger charge is 2.39. The molecule has 4 N–H and O–H groups in total. The van der Waals surface area contributed by atoms with Crippen LogP contribution in [0.4, 0.5) is 9.59 Å². The maximum absolute atomic E-state index is 13.6. The van der Waals surface area contributed by atoms with Crippen molar-refractivity contribution in [3.05, 3.63) is 72.7 Å². The molecule has 4 atom stereocenters. The number of rotatable bonds is 11. The van der Waals surface area contributed by atoms with Crippen LogP contribution in [0.15, 0.2) is 61.1 Å². The van der Waals surface area contributed by atoms with Gasteiger partial charge in [0, 0.05) is 24.2 Å². The zero-order valence-electron chi connectivity index (χ0n) is 33.6. The van der Waals surface area contributed by atoms with E-state index in [1.165, 1.54) is 14.2 Å². The smallest absolute Gasteiger partial charge is 0.407 e. The monoisotopic (exact) mass is 790 g/mol. The van der Waals surface area contributed by atoms with Crippen LogP contribution < -0.4 is 10.6 Å². The Balaban J connectivity index is 1.02. The fourth-order valence-corrected chi connectivity index (χ4v) is 7.83. The quantitative estimate of drug-likeness (QED) is 0.120. The van der Waals surface area contributed by atoms with E-state index in [2.05, 4.69) is 25.6 Å². The molecule has 58 heavy (non-hydrogen) atoms. The third kappa shape index (κ3) is 8.22. The molecule has 4 amide bonds. The van der Waals surface area contributed by atoms with E-state index in [-0.39, 0.29) is 35.7 Å². The van der Waals surface area contributed by atoms with Crippen LogP contribution in [0.3, 0.4) is 0 Å². The first-order valence-corrected chi connectivity index (χ1v) is 19.7. The summed E-state index contributed by atoms with van der Waals surface area (Å²) in [6.45, 7) is 8.74. The molecule has 16 nitrogen and oxygen atoms in total. The van der Waals surface area contributed by atoms with Gasteiger partial charge in [0.15, 0.2) is 0 Å². The minimum atomic E-state index is -0.704. The molecule has 2 fully saturated rings. The van der Waals surface area contributed by atoms with Gasteiger partial charge in [-0.3, -0.25) is 19.6 Å². The number of aromatic nitrogens is 6. The third-order valence-corrected chi connectivity index (χ3v) is 11.0. The van der Waals surface area contributed by atoms with Crippen LogP contribution in [-0.2, 0) is 19.1 Å². The van der Waals surface area contributed by atoms with Gasteiger partial charge in [0.25, 0.3) is 0 Å². The van der Waals surface area contributed by atoms with E-state index >= 15 is 0 Å². The van der Waals surface area contributed by atoms with E-state index in [4.69, 9.17) is 24.4 Å². The number of hydrogen-bond donors (Lipinski definition) is 4. The number of likely N-dealkylation sites (tertiary alicyclic amines) is 2. The van der Waals surface area contributed by atoms with Crippen LogP contribution >= 0.6 is 0 Å². The van der Waals surface area contributed by atoms with Gasteiger partial charge in [-0.1, -0.05) is 58.0 Å². The van der Waals surface area contributed by atoms with Gasteiger partial charge in [0.05, 0.1) is 73.0 Å². The predicted molar refractivity (Wildman–Crippen MR) is 216 cm³/mol. The van der Waals surface area contributed by atoms with E-state index in [1.807, 2.05) is 70.2 Å². The van der Waals surface area contributed by atoms with Gasteiger partial charge in [-0.05, 0) is 55.2 Å². The Labute approximate surface area is 336 Å². The Morgan fingerprint density at radius 3 is 1.72 bits per heavy atom. The van der Waals surface area contributed by atoms with Gasteiger partial charge in [-0.25, -0.2) is 19.6 Å². The fraction of sp³-hybridized carbons (Fsp3) is 0.429. The van der Waals surface area contributed by atoms with E-state index in [1.54, 1.807) is 28.4 Å². The number of amides is 4. The van der Waals surface area contributed by atoms with Crippen molar-refractivity contribution in [2.45, 2.75) is 77.5 Å². The van der Waals surface area contributed by atoms with Crippen molar-refractivity contribution in [3.63, 3.8) is 0 Å². The van der Waals surface area contributed by atoms with Crippen molar-refractivity contribution < 1.29 is 28.7 Å². The normalized spacial score (nSPS) is 17.8. The van der Waals surface area contributed by atoms with Gasteiger partial charge in [-0.15, -0.1) is 0 Å². The molecule has 2 saturated heterocycles. The Bertz CT molecular complexity index is 2270. The van der Waals surface area contributed by atoms with Gasteiger partial charge in [0.1, 0.15) is 23.7 Å². The lowest BCUT2D eigenvalue weighted by Crippen LogP contribution is -2.51. The number of alkyl carbamates (subject to hydrolysis) is 2. The molecule has 4 unspecified atom stereocenters. The number of carbonyl (C=O) groups is 4. The zero-order valence-corrected chi connectivity index (χ0v) is 33.6. The van der Waals surface area contributed by atoms with E-state index in [0.717, 1.165) is 64.8 Å². The maximum Gasteiger partial charge on any atom is 0.407 e. The molecule has 3 aromatic heterocycles. The molecule has 0 bridgehead atoms. The molecule has 2 aliphatic rings. The van der Waals surface area contributed by atoms with Gasteiger partial charge < -0.3 is 39.9 Å². The molecule has 5 heterocycles. The Morgan fingerprint density at radius 2 is 1.19 bits per heavy atom. The summed E-state index contributed by atoms with van der Waals surface area (Å²) >= 11 is 0. The molecule has 5 aromatic rings. The first kappa shape index (κ1) is 39.9. The number of ether oxygens (including phenoxy) is 2. The predicted octanol–water partition coefficient (Wildman–Crippen LogP) is 6.17. The first-order valence-electron chi connectivity index (χ1n) is 19.7. The van der Waals surface area contributed by atoms with Gasteiger partial charge >= 0.3 is 12.2 Å². The minimum absolute atomic E-state index is 0.113. The van der Waals surface area contributed by atoms with E-state index < -0.39 is 24.3 Å². The van der Waals surface area contributed by atoms with Crippen molar-refractivity contribution in [2.75, 3.05) is 27.3 Å². The van der Waals surface area contributed by atoms with Crippen LogP contribution in [0.25, 0.3) is 44.8 Å². The van der Waals surface area contributed by atoms with Gasteiger partial charge in [0.2, 0.25) is 11.8 Å². The van der Waals surface area contributed by atoms with Crippen molar-refractivity contribution in [1.82, 2.24) is 50.3 Å². The van der Waals surface area contributed by atoms with Crippen LogP contribution in [0.1, 0.15) is 77.1 Å². The lowest BCUT2D eigenvalue weighted by atomic mass is 10.0. The standard InChI is InChI=1S/C42H50N10O6/c1-23(2)35(49-41(55)57-5)39(53)51-17-7-9-33(51)37-45-22-32(48-37)26-13-11-25(12-14-26)30-20-44-31(21-43-30)27-15-16-28-29(19-27)47-38(46-28)34-10-8-18-52(34)40(54)36(24(3)4)50-42(56)58-6/h11-16,19-24,33-36H,7-10,17-18H2,1-6H3,(H,45,48)(H,46,47)(H,49,55)(H,50,56). The molecule has 0 saturated carbocycles. The summed E-state index contributed by atoms with van der Waals surface area (Å²) in [5.41, 5.74) is 6.57. The number of nitrogens with zero attached hydrogens (tertiary/aromatic N) is 6. The minimum Gasteiger partial charge on any atom is -0.453 e. The number of imidazole rings is 2. The second kappa shape index (κ2) is 17.0. The largest absolute Gasteiger partial charge is 0.453 e. The Kier molecular flexibility index (Phi) is 11.7. The maximum atomic E-state index is 13.6. The highest BCUT2D eigenvalue weighted by molar-refractivity contribution is 5.87. The fourth-order valence-electron chi connectivity index (χ4n) is 7.83. The summed E-state index contributed by atoms with van der Waals surface area (Å²) in [5, 5.41) is 5.38. The number of aromatic amines is 2. The number of methoxy groups -OCH3 is 2. The lowest BCUT2D eigenvalue weighted by Gasteiger charge is -2.30. The number of fused-ring (bicyclic) bond motifs is 1. The number of benzene rings is 2. The SMILES string of the molecule is COC(=O)NC(C(=O)N1CCCC1c1ncc(-c2ccc(-c3cnc(-c4ccc5nc(C6CCCN6C(=O)C(NC(=O)OC)C(C)C)[nH]c5c4)cn3)cc2)[nH]1)C(C)C. The molecular weight excluding hydrogens is 741 g/mol. The molecule has 0 aliphatic carbocycles. The van der Waals surface area contributed by atoms with E-state index in [9.17, 15) is 19.2 Å². The van der Waals surface area contributed by atoms with Crippen molar-refractivity contribution in [1.29, 1.82) is 0 Å². The summed E-state index contributed by atoms with van der Waals surface area (Å²) in [4.78, 5) is 80.5. The van der Waals surface area contributed by atoms with Crippen molar-refractivity contribution in [2.24, 2.45) is 11.8 Å². The molecule has 2 aliphatic heterocycles. The molecule has 16 heteroatoms. The summed E-state index contributed by atoms with van der Waals surface area (Å²) < 4.78 is 9.51. The summed E-state index contributed by atoms with van der Waals surface area (Å²) in [6, 6.07) is 12.0. The van der Waals surface area contributed by atoms with Crippen LogP contribution in [0.5, 0.6) is 0 Å². The molecule has 304 valence electrons. The highest BCUT2D eigenvalue weighted by atomic mass is 16.5. The van der Waals surface area contributed by atoms with Gasteiger partial charge in [-0.2, -0.15) is 0 Å². The number of nitrogens with one attached hydrogen (secondary N) is 4. The second-order valence-corrected chi connectivity index (χ2v) is 15.5.